The number of carboxylic acid groups (broad SMARTS) is 1. The second-order valence-electron chi connectivity index (χ2n) is 4.35. The third kappa shape index (κ3) is 3.41. The van der Waals surface area contributed by atoms with Crippen molar-refractivity contribution in [2.45, 2.75) is 13.5 Å². The van der Waals surface area contributed by atoms with Crippen LogP contribution in [0.15, 0.2) is 42.5 Å². The van der Waals surface area contributed by atoms with E-state index in [2.05, 4.69) is 10.3 Å². The highest BCUT2D eigenvalue weighted by Gasteiger charge is 2.08. The lowest BCUT2D eigenvalue weighted by Gasteiger charge is -2.06. The molecule has 0 atom stereocenters. The van der Waals surface area contributed by atoms with Crippen molar-refractivity contribution in [2.75, 3.05) is 0 Å². The highest BCUT2D eigenvalue weighted by molar-refractivity contribution is 5.92. The molecule has 0 fully saturated rings. The first-order valence-electron chi connectivity index (χ1n) is 6.10. The second-order valence-corrected chi connectivity index (χ2v) is 4.35. The number of rotatable bonds is 4. The minimum absolute atomic E-state index is 0.199. The molecule has 1 aromatic carbocycles. The standard InChI is InChI=1S/C15H14N2O3/c1-10-4-2-7-13(17-10)14(18)16-9-11-5-3-6-12(8-11)15(19)20/h2-8H,9H2,1H3,(H,16,18)(H,19,20). The summed E-state index contributed by atoms with van der Waals surface area (Å²) in [6.45, 7) is 2.07. The topological polar surface area (TPSA) is 79.3 Å². The summed E-state index contributed by atoms with van der Waals surface area (Å²) in [4.78, 5) is 26.9. The summed E-state index contributed by atoms with van der Waals surface area (Å²) < 4.78 is 0. The molecule has 5 nitrogen and oxygen atoms in total. The van der Waals surface area contributed by atoms with Crippen LogP contribution in [0.1, 0.15) is 32.1 Å². The van der Waals surface area contributed by atoms with Gasteiger partial charge >= 0.3 is 5.97 Å². The van der Waals surface area contributed by atoms with Gasteiger partial charge in [-0.25, -0.2) is 9.78 Å². The van der Waals surface area contributed by atoms with Crippen molar-refractivity contribution in [3.8, 4) is 0 Å². The van der Waals surface area contributed by atoms with Crippen LogP contribution >= 0.6 is 0 Å². The molecule has 2 rings (SSSR count). The Hall–Kier alpha value is -2.69. The number of pyridine rings is 1. The number of nitrogens with zero attached hydrogens (tertiary/aromatic N) is 1. The lowest BCUT2D eigenvalue weighted by molar-refractivity contribution is 0.0696. The molecule has 0 aliphatic heterocycles. The average molecular weight is 270 g/mol. The van der Waals surface area contributed by atoms with E-state index in [1.165, 1.54) is 12.1 Å². The number of aromatic nitrogens is 1. The van der Waals surface area contributed by atoms with Crippen LogP contribution in [0, 0.1) is 6.92 Å². The summed E-state index contributed by atoms with van der Waals surface area (Å²) in [6.07, 6.45) is 0. The molecule has 0 bridgehead atoms. The van der Waals surface area contributed by atoms with Gasteiger partial charge in [-0.3, -0.25) is 4.79 Å². The van der Waals surface area contributed by atoms with E-state index in [4.69, 9.17) is 5.11 Å². The van der Waals surface area contributed by atoms with E-state index < -0.39 is 5.97 Å². The van der Waals surface area contributed by atoms with Crippen LogP contribution in [-0.4, -0.2) is 22.0 Å². The Balaban J connectivity index is 2.03. The summed E-state index contributed by atoms with van der Waals surface area (Å²) >= 11 is 0. The number of nitrogens with one attached hydrogen (secondary N) is 1. The average Bonchev–Trinajstić information content (AvgIpc) is 2.45. The molecule has 102 valence electrons. The van der Waals surface area contributed by atoms with Gasteiger partial charge in [-0.05, 0) is 36.8 Å². The Bertz CT molecular complexity index is 653. The number of amides is 1. The molecular weight excluding hydrogens is 256 g/mol. The highest BCUT2D eigenvalue weighted by Crippen LogP contribution is 2.06. The van der Waals surface area contributed by atoms with Gasteiger partial charge < -0.3 is 10.4 Å². The van der Waals surface area contributed by atoms with Gasteiger partial charge in [0.15, 0.2) is 0 Å². The van der Waals surface area contributed by atoms with Gasteiger partial charge in [-0.2, -0.15) is 0 Å². The first-order chi connectivity index (χ1) is 9.56. The van der Waals surface area contributed by atoms with Crippen molar-refractivity contribution in [3.05, 3.63) is 65.0 Å². The zero-order valence-corrected chi connectivity index (χ0v) is 11.0. The predicted molar refractivity (Wildman–Crippen MR) is 73.5 cm³/mol. The molecule has 1 amide bonds. The first kappa shape index (κ1) is 13.7. The third-order valence-electron chi connectivity index (χ3n) is 2.75. The Morgan fingerprint density at radius 2 is 1.95 bits per heavy atom. The Labute approximate surface area is 116 Å². The number of aryl methyl sites for hydroxylation is 1. The van der Waals surface area contributed by atoms with Crippen LogP contribution in [-0.2, 0) is 6.54 Å². The highest BCUT2D eigenvalue weighted by atomic mass is 16.4. The number of carbonyl (C=O) groups excluding carboxylic acids is 1. The van der Waals surface area contributed by atoms with E-state index in [-0.39, 0.29) is 18.0 Å². The lowest BCUT2D eigenvalue weighted by atomic mass is 10.1. The maximum atomic E-state index is 11.9. The summed E-state index contributed by atoms with van der Waals surface area (Å²) in [5.74, 6) is -1.27. The molecule has 20 heavy (non-hydrogen) atoms. The van der Waals surface area contributed by atoms with E-state index in [1.54, 1.807) is 24.3 Å². The van der Waals surface area contributed by atoms with Crippen molar-refractivity contribution in [1.29, 1.82) is 0 Å². The van der Waals surface area contributed by atoms with Crippen LogP contribution in [0.2, 0.25) is 0 Å². The van der Waals surface area contributed by atoms with Gasteiger partial charge in [0, 0.05) is 12.2 Å². The van der Waals surface area contributed by atoms with Crippen molar-refractivity contribution >= 4 is 11.9 Å². The quantitative estimate of drug-likeness (QED) is 0.890. The van der Waals surface area contributed by atoms with E-state index in [1.807, 2.05) is 13.0 Å². The van der Waals surface area contributed by atoms with Crippen molar-refractivity contribution in [1.82, 2.24) is 10.3 Å². The second kappa shape index (κ2) is 5.97. The molecule has 0 aliphatic rings. The van der Waals surface area contributed by atoms with Gasteiger partial charge in [0.2, 0.25) is 0 Å². The monoisotopic (exact) mass is 270 g/mol. The molecule has 0 saturated heterocycles. The molecule has 0 radical (unpaired) electrons. The van der Waals surface area contributed by atoms with Crippen LogP contribution in [0.5, 0.6) is 0 Å². The maximum absolute atomic E-state index is 11.9. The summed E-state index contributed by atoms with van der Waals surface area (Å²) in [7, 11) is 0. The van der Waals surface area contributed by atoms with E-state index in [9.17, 15) is 9.59 Å². The lowest BCUT2D eigenvalue weighted by Crippen LogP contribution is -2.24. The van der Waals surface area contributed by atoms with Gasteiger partial charge in [-0.15, -0.1) is 0 Å². The Morgan fingerprint density at radius 1 is 1.20 bits per heavy atom. The zero-order chi connectivity index (χ0) is 14.5. The summed E-state index contributed by atoms with van der Waals surface area (Å²) in [6, 6.07) is 11.7. The Kier molecular flexibility index (Phi) is 4.10. The number of hydrogen-bond acceptors (Lipinski definition) is 3. The molecule has 0 spiro atoms. The molecule has 1 aromatic heterocycles. The number of carbonyl (C=O) groups is 2. The fourth-order valence-electron chi connectivity index (χ4n) is 1.76. The number of hydrogen-bond donors (Lipinski definition) is 2. The zero-order valence-electron chi connectivity index (χ0n) is 11.0. The SMILES string of the molecule is Cc1cccc(C(=O)NCc2cccc(C(=O)O)c2)n1. The minimum atomic E-state index is -0.987. The molecule has 0 aliphatic carbocycles. The number of aromatic carboxylic acids is 1. The summed E-state index contributed by atoms with van der Waals surface area (Å²) in [5, 5.41) is 11.6. The number of benzene rings is 1. The molecule has 5 heteroatoms. The predicted octanol–water partition coefficient (Wildman–Crippen LogP) is 2.02. The smallest absolute Gasteiger partial charge is 0.335 e. The van der Waals surface area contributed by atoms with Crippen LogP contribution in [0.4, 0.5) is 0 Å². The van der Waals surface area contributed by atoms with E-state index >= 15 is 0 Å². The fourth-order valence-corrected chi connectivity index (χ4v) is 1.76. The van der Waals surface area contributed by atoms with Crippen LogP contribution in [0.25, 0.3) is 0 Å². The largest absolute Gasteiger partial charge is 0.478 e. The molecule has 0 unspecified atom stereocenters. The molecule has 2 aromatic rings. The van der Waals surface area contributed by atoms with E-state index in [0.29, 0.717) is 5.69 Å². The molecule has 2 N–H and O–H groups in total. The normalized spacial score (nSPS) is 10.1. The van der Waals surface area contributed by atoms with Crippen molar-refractivity contribution in [2.24, 2.45) is 0 Å². The molecular formula is C15H14N2O3. The Morgan fingerprint density at radius 3 is 2.65 bits per heavy atom. The maximum Gasteiger partial charge on any atom is 0.335 e. The molecule has 0 saturated carbocycles. The van der Waals surface area contributed by atoms with Gasteiger partial charge in [0.25, 0.3) is 5.91 Å². The minimum Gasteiger partial charge on any atom is -0.478 e. The molecule has 1 heterocycles. The third-order valence-corrected chi connectivity index (χ3v) is 2.75. The first-order valence-corrected chi connectivity index (χ1v) is 6.10. The van der Waals surface area contributed by atoms with E-state index in [0.717, 1.165) is 11.3 Å². The summed E-state index contributed by atoms with van der Waals surface area (Å²) in [5.41, 5.74) is 2.04. The van der Waals surface area contributed by atoms with Crippen LogP contribution < -0.4 is 5.32 Å². The van der Waals surface area contributed by atoms with Crippen LogP contribution in [0.3, 0.4) is 0 Å². The van der Waals surface area contributed by atoms with Gasteiger partial charge in [0.05, 0.1) is 5.56 Å². The van der Waals surface area contributed by atoms with Crippen molar-refractivity contribution < 1.29 is 14.7 Å². The number of carboxylic acids is 1. The van der Waals surface area contributed by atoms with Crippen molar-refractivity contribution in [3.63, 3.8) is 0 Å². The van der Waals surface area contributed by atoms with Gasteiger partial charge in [-0.1, -0.05) is 18.2 Å². The fraction of sp³-hybridized carbons (Fsp3) is 0.133. The van der Waals surface area contributed by atoms with Gasteiger partial charge in [0.1, 0.15) is 5.69 Å².